The SMILES string of the molecule is Clc1ccc(-c2cc3ccccc3c3ccccc23)cc1.c1ccc(-c2cccc(N(c3ccc(-c4cc5ccccc5c5ccccc45)cc3)c3ccc4oc5ccccc5c4c3)c2)cc1.c1ccc(-c2cccc(Nc3ccc4oc5ccccc5c4c3)c2)cc1. The molecule has 0 fully saturated rings. The van der Waals surface area contributed by atoms with Gasteiger partial charge in [-0.25, -0.2) is 0 Å². The molecular weight excluding hydrogens is 1150 g/mol. The van der Waals surface area contributed by atoms with Gasteiger partial charge >= 0.3 is 0 Å². The molecule has 0 saturated heterocycles. The molecule has 0 radical (unpaired) electrons. The van der Waals surface area contributed by atoms with E-state index >= 15 is 0 Å². The van der Waals surface area contributed by atoms with Crippen LogP contribution in [0.1, 0.15) is 0 Å². The molecule has 0 unspecified atom stereocenters. The molecule has 18 aromatic rings. The van der Waals surface area contributed by atoms with Gasteiger partial charge in [-0.15, -0.1) is 0 Å². The molecule has 0 amide bonds. The van der Waals surface area contributed by atoms with E-state index in [1.165, 1.54) is 87.6 Å². The van der Waals surface area contributed by atoms with Gasteiger partial charge in [0.15, 0.2) is 0 Å². The van der Waals surface area contributed by atoms with Crippen LogP contribution in [0.5, 0.6) is 0 Å². The normalized spacial score (nSPS) is 11.3. The van der Waals surface area contributed by atoms with Gasteiger partial charge in [0.25, 0.3) is 0 Å². The Hall–Kier alpha value is -12.0. The van der Waals surface area contributed by atoms with E-state index in [2.05, 4.69) is 307 Å². The van der Waals surface area contributed by atoms with Crippen LogP contribution in [0.2, 0.25) is 5.02 Å². The van der Waals surface area contributed by atoms with Crippen molar-refractivity contribution in [2.75, 3.05) is 10.2 Å². The number of furan rings is 2. The second-order valence-electron chi connectivity index (χ2n) is 23.3. The third-order valence-electron chi connectivity index (χ3n) is 17.6. The van der Waals surface area contributed by atoms with Gasteiger partial charge in [0, 0.05) is 55.0 Å². The molecule has 0 bridgehead atoms. The molecule has 18 rings (SSSR count). The van der Waals surface area contributed by atoms with E-state index in [9.17, 15) is 0 Å². The summed E-state index contributed by atoms with van der Waals surface area (Å²) in [6.45, 7) is 0. The summed E-state index contributed by atoms with van der Waals surface area (Å²) in [6, 6.07) is 123. The third-order valence-corrected chi connectivity index (χ3v) is 17.8. The van der Waals surface area contributed by atoms with Crippen LogP contribution in [0.3, 0.4) is 0 Å². The van der Waals surface area contributed by atoms with Crippen LogP contribution in [0.15, 0.2) is 361 Å². The van der Waals surface area contributed by atoms with Crippen molar-refractivity contribution in [1.29, 1.82) is 0 Å². The van der Waals surface area contributed by atoms with Crippen LogP contribution in [-0.2, 0) is 0 Å². The molecule has 0 aliphatic heterocycles. The number of halogens is 1. The summed E-state index contributed by atoms with van der Waals surface area (Å²) in [6.07, 6.45) is 0. The summed E-state index contributed by atoms with van der Waals surface area (Å²) in [7, 11) is 0. The number of hydrogen-bond acceptors (Lipinski definition) is 4. The molecule has 2 aromatic heterocycles. The van der Waals surface area contributed by atoms with Crippen molar-refractivity contribution in [2.45, 2.75) is 0 Å². The Morgan fingerprint density at radius 1 is 0.226 bits per heavy atom. The minimum absolute atomic E-state index is 0.767. The highest BCUT2D eigenvalue weighted by Gasteiger charge is 2.18. The third kappa shape index (κ3) is 11.3. The molecule has 4 nitrogen and oxygen atoms in total. The van der Waals surface area contributed by atoms with Crippen LogP contribution in [0.4, 0.5) is 28.4 Å². The van der Waals surface area contributed by atoms with Crippen molar-refractivity contribution in [3.05, 3.63) is 357 Å². The average Bonchev–Trinajstić information content (AvgIpc) is 1.59. The second-order valence-corrected chi connectivity index (χ2v) is 23.8. The Morgan fingerprint density at radius 2 is 0.624 bits per heavy atom. The fourth-order valence-corrected chi connectivity index (χ4v) is 13.3. The minimum Gasteiger partial charge on any atom is -0.456 e. The van der Waals surface area contributed by atoms with E-state index in [0.29, 0.717) is 0 Å². The maximum atomic E-state index is 6.19. The lowest BCUT2D eigenvalue weighted by Crippen LogP contribution is -2.10. The zero-order valence-corrected chi connectivity index (χ0v) is 51.4. The fourth-order valence-electron chi connectivity index (χ4n) is 13.1. The number of anilines is 5. The Bertz CT molecular complexity index is 5740. The molecular formula is C88H59ClN2O2. The number of benzene rings is 16. The molecule has 93 heavy (non-hydrogen) atoms. The van der Waals surface area contributed by atoms with Crippen LogP contribution in [-0.4, -0.2) is 0 Å². The van der Waals surface area contributed by atoms with Crippen molar-refractivity contribution >= 4 is 127 Å². The lowest BCUT2D eigenvalue weighted by molar-refractivity contribution is 0.668. The van der Waals surface area contributed by atoms with Gasteiger partial charge in [-0.2, -0.15) is 0 Å². The first-order chi connectivity index (χ1) is 46.0. The first-order valence-electron chi connectivity index (χ1n) is 31.4. The average molecular weight is 1210 g/mol. The van der Waals surface area contributed by atoms with Gasteiger partial charge in [-0.3, -0.25) is 0 Å². The minimum atomic E-state index is 0.767. The zero-order valence-electron chi connectivity index (χ0n) is 50.6. The molecule has 16 aromatic carbocycles. The van der Waals surface area contributed by atoms with Crippen molar-refractivity contribution in [3.63, 3.8) is 0 Å². The van der Waals surface area contributed by atoms with E-state index in [0.717, 1.165) is 77.3 Å². The fraction of sp³-hybridized carbons (Fsp3) is 0. The number of nitrogens with zero attached hydrogens (tertiary/aromatic N) is 1. The van der Waals surface area contributed by atoms with Gasteiger partial charge in [-0.1, -0.05) is 254 Å². The highest BCUT2D eigenvalue weighted by Crippen LogP contribution is 2.43. The lowest BCUT2D eigenvalue weighted by atomic mass is 9.93. The summed E-state index contributed by atoms with van der Waals surface area (Å²) in [5, 5.41) is 19.0. The van der Waals surface area contributed by atoms with Crippen molar-refractivity contribution in [3.8, 4) is 44.5 Å². The maximum Gasteiger partial charge on any atom is 0.135 e. The Morgan fingerprint density at radius 3 is 1.19 bits per heavy atom. The molecule has 0 aliphatic carbocycles. The van der Waals surface area contributed by atoms with E-state index in [4.69, 9.17) is 20.4 Å². The molecule has 2 heterocycles. The highest BCUT2D eigenvalue weighted by molar-refractivity contribution is 6.30. The Kier molecular flexibility index (Phi) is 15.0. The van der Waals surface area contributed by atoms with Gasteiger partial charge in [-0.05, 0) is 197 Å². The number of nitrogens with one attached hydrogen (secondary N) is 1. The molecule has 0 spiro atoms. The predicted octanol–water partition coefficient (Wildman–Crippen LogP) is 26.0. The second kappa shape index (κ2) is 24.8. The molecule has 440 valence electrons. The number of fused-ring (bicyclic) bond motifs is 12. The summed E-state index contributed by atoms with van der Waals surface area (Å²) in [4.78, 5) is 2.34. The first kappa shape index (κ1) is 56.3. The van der Waals surface area contributed by atoms with Crippen molar-refractivity contribution in [2.24, 2.45) is 0 Å². The number of hydrogen-bond donors (Lipinski definition) is 1. The topological polar surface area (TPSA) is 41.6 Å². The quantitative estimate of drug-likeness (QED) is 0.146. The number of rotatable bonds is 9. The smallest absolute Gasteiger partial charge is 0.135 e. The first-order valence-corrected chi connectivity index (χ1v) is 31.8. The van der Waals surface area contributed by atoms with Gasteiger partial charge < -0.3 is 19.1 Å². The summed E-state index contributed by atoms with van der Waals surface area (Å²) >= 11 is 6.01. The highest BCUT2D eigenvalue weighted by atomic mass is 35.5. The van der Waals surface area contributed by atoms with E-state index < -0.39 is 0 Å². The molecule has 0 atom stereocenters. The van der Waals surface area contributed by atoms with Crippen molar-refractivity contribution in [1.82, 2.24) is 0 Å². The zero-order chi connectivity index (χ0) is 62.0. The number of para-hydroxylation sites is 2. The van der Waals surface area contributed by atoms with Crippen LogP contribution < -0.4 is 10.2 Å². The summed E-state index contributed by atoms with van der Waals surface area (Å²) in [5.74, 6) is 0. The van der Waals surface area contributed by atoms with Crippen LogP contribution in [0, 0.1) is 0 Å². The van der Waals surface area contributed by atoms with Crippen molar-refractivity contribution < 1.29 is 8.83 Å². The molecule has 0 saturated carbocycles. The predicted molar refractivity (Wildman–Crippen MR) is 395 cm³/mol. The van der Waals surface area contributed by atoms with Crippen LogP contribution >= 0.6 is 11.6 Å². The van der Waals surface area contributed by atoms with Gasteiger partial charge in [0.05, 0.1) is 0 Å². The lowest BCUT2D eigenvalue weighted by Gasteiger charge is -2.26. The summed E-state index contributed by atoms with van der Waals surface area (Å²) in [5.41, 5.74) is 18.7. The van der Waals surface area contributed by atoms with E-state index in [-0.39, 0.29) is 0 Å². The molecule has 5 heteroatoms. The van der Waals surface area contributed by atoms with Crippen LogP contribution in [0.25, 0.3) is 131 Å². The maximum absolute atomic E-state index is 6.19. The monoisotopic (exact) mass is 1210 g/mol. The standard InChI is InChI=1S/C44H29NO.C24H17NO.C20H13Cl/c1-2-11-30(12-3-1)32-14-10-15-35(27-32)45(36-25-26-44-42(29-36)40-19-8-9-20-43(40)46-44)34-23-21-31(22-24-34)41-28-33-13-4-5-16-37(33)38-17-6-7-18-39(38)41;1-2-7-17(8-3-1)18-9-6-10-19(15-18)25-20-13-14-24-22(16-20)21-11-4-5-12-23(21)26-24;21-16-11-9-14(10-12-16)20-13-15-5-1-2-6-17(15)18-7-3-4-8-19(18)20/h1-29H;1-16,25H;1-13H. The molecule has 0 aliphatic rings. The van der Waals surface area contributed by atoms with Gasteiger partial charge in [0.2, 0.25) is 0 Å². The van der Waals surface area contributed by atoms with Gasteiger partial charge in [0.1, 0.15) is 22.3 Å². The summed E-state index contributed by atoms with van der Waals surface area (Å²) < 4.78 is 12.1. The molecule has 1 N–H and O–H groups in total. The van der Waals surface area contributed by atoms with E-state index in [1.807, 2.05) is 54.6 Å². The Labute approximate surface area is 544 Å². The largest absolute Gasteiger partial charge is 0.456 e. The van der Waals surface area contributed by atoms with E-state index in [1.54, 1.807) is 0 Å². The Balaban J connectivity index is 0.000000123.